The van der Waals surface area contributed by atoms with E-state index in [4.69, 9.17) is 5.11 Å². The molecule has 2 N–H and O–H groups in total. The number of likely N-dealkylation sites (N-methyl/N-ethyl adjacent to an activating group) is 1. The summed E-state index contributed by atoms with van der Waals surface area (Å²) in [5, 5.41) is 11.8. The third kappa shape index (κ3) is 7.46. The summed E-state index contributed by atoms with van der Waals surface area (Å²) >= 11 is 0. The standard InChI is InChI=1S/C22H29N3O5S/c1-24(31(2,29)30)17-20(27)25(16-18-10-5-3-6-11-18)21(19-12-7-4-8-13-19)22(28)23-14-9-15-26/h3-8,10-13,21,26H,9,14-17H2,1-2H3,(H,23,28). The average molecular weight is 448 g/mol. The van der Waals surface area contributed by atoms with Crippen molar-refractivity contribution >= 4 is 21.8 Å². The highest BCUT2D eigenvalue weighted by molar-refractivity contribution is 7.88. The molecular formula is C22H29N3O5S. The fraction of sp³-hybridized carbons (Fsp3) is 0.364. The number of rotatable bonds is 11. The molecule has 2 rings (SSSR count). The van der Waals surface area contributed by atoms with E-state index in [0.717, 1.165) is 16.1 Å². The first-order chi connectivity index (χ1) is 14.7. The Labute approximate surface area is 183 Å². The van der Waals surface area contributed by atoms with Gasteiger partial charge in [0, 0.05) is 26.7 Å². The summed E-state index contributed by atoms with van der Waals surface area (Å²) in [6.07, 6.45) is 1.41. The van der Waals surface area contributed by atoms with Crippen molar-refractivity contribution < 1.29 is 23.1 Å². The molecule has 9 heteroatoms. The van der Waals surface area contributed by atoms with Crippen LogP contribution >= 0.6 is 0 Å². The van der Waals surface area contributed by atoms with E-state index in [0.29, 0.717) is 12.0 Å². The SMILES string of the molecule is CN(CC(=O)N(Cc1ccccc1)C(C(=O)NCCCO)c1ccccc1)S(C)(=O)=O. The molecule has 2 aromatic carbocycles. The number of nitrogens with zero attached hydrogens (tertiary/aromatic N) is 2. The highest BCUT2D eigenvalue weighted by atomic mass is 32.2. The first kappa shape index (κ1) is 24.5. The Morgan fingerprint density at radius 2 is 1.61 bits per heavy atom. The van der Waals surface area contributed by atoms with E-state index in [-0.39, 0.29) is 26.2 Å². The van der Waals surface area contributed by atoms with Crippen LogP contribution < -0.4 is 5.32 Å². The van der Waals surface area contributed by atoms with Crippen LogP contribution in [-0.4, -0.2) is 67.5 Å². The molecule has 8 nitrogen and oxygen atoms in total. The van der Waals surface area contributed by atoms with Crippen LogP contribution in [0.15, 0.2) is 60.7 Å². The number of aliphatic hydroxyl groups excluding tert-OH is 1. The molecule has 0 bridgehead atoms. The van der Waals surface area contributed by atoms with Gasteiger partial charge in [-0.2, -0.15) is 4.31 Å². The van der Waals surface area contributed by atoms with Gasteiger partial charge in [-0.15, -0.1) is 0 Å². The lowest BCUT2D eigenvalue weighted by atomic mass is 10.0. The molecule has 0 aliphatic carbocycles. The number of amides is 2. The summed E-state index contributed by atoms with van der Waals surface area (Å²) in [5.74, 6) is -0.895. The molecule has 2 amide bonds. The van der Waals surface area contributed by atoms with E-state index in [9.17, 15) is 18.0 Å². The topological polar surface area (TPSA) is 107 Å². The normalized spacial score (nSPS) is 12.4. The van der Waals surface area contributed by atoms with Crippen molar-refractivity contribution in [3.05, 3.63) is 71.8 Å². The summed E-state index contributed by atoms with van der Waals surface area (Å²) in [6, 6.07) is 17.1. The minimum absolute atomic E-state index is 0.0674. The van der Waals surface area contributed by atoms with Crippen LogP contribution in [0.2, 0.25) is 0 Å². The number of nitrogens with one attached hydrogen (secondary N) is 1. The predicted molar refractivity (Wildman–Crippen MR) is 118 cm³/mol. The van der Waals surface area contributed by atoms with E-state index in [1.165, 1.54) is 11.9 Å². The van der Waals surface area contributed by atoms with Crippen LogP contribution in [0.1, 0.15) is 23.6 Å². The molecular weight excluding hydrogens is 418 g/mol. The number of hydrogen-bond acceptors (Lipinski definition) is 5. The summed E-state index contributed by atoms with van der Waals surface area (Å²) in [4.78, 5) is 27.8. The van der Waals surface area contributed by atoms with Gasteiger partial charge in [0.05, 0.1) is 12.8 Å². The molecule has 0 saturated heterocycles. The first-order valence-corrected chi connectivity index (χ1v) is 11.8. The Balaban J connectivity index is 2.43. The van der Waals surface area contributed by atoms with Gasteiger partial charge in [0.15, 0.2) is 0 Å². The van der Waals surface area contributed by atoms with Crippen LogP contribution in [0, 0.1) is 0 Å². The predicted octanol–water partition coefficient (Wildman–Crippen LogP) is 1.15. The van der Waals surface area contributed by atoms with Gasteiger partial charge in [-0.05, 0) is 17.5 Å². The number of aliphatic hydroxyl groups is 1. The zero-order chi connectivity index (χ0) is 22.9. The zero-order valence-corrected chi connectivity index (χ0v) is 18.6. The van der Waals surface area contributed by atoms with Gasteiger partial charge in [-0.3, -0.25) is 9.59 Å². The number of carbonyl (C=O) groups is 2. The molecule has 0 aliphatic rings. The van der Waals surface area contributed by atoms with E-state index < -0.39 is 27.9 Å². The summed E-state index contributed by atoms with van der Waals surface area (Å²) in [7, 11) is -2.25. The van der Waals surface area contributed by atoms with Gasteiger partial charge >= 0.3 is 0 Å². The van der Waals surface area contributed by atoms with Crippen LogP contribution in [0.25, 0.3) is 0 Å². The molecule has 1 atom stereocenters. The van der Waals surface area contributed by atoms with Crippen molar-refractivity contribution in [2.45, 2.75) is 19.0 Å². The van der Waals surface area contributed by atoms with E-state index in [2.05, 4.69) is 5.32 Å². The number of hydrogen-bond donors (Lipinski definition) is 2. The fourth-order valence-electron chi connectivity index (χ4n) is 3.00. The Kier molecular flexibility index (Phi) is 9.17. The van der Waals surface area contributed by atoms with E-state index in [1.54, 1.807) is 24.3 Å². The molecule has 0 aromatic heterocycles. The Hall–Kier alpha value is -2.75. The van der Waals surface area contributed by atoms with Crippen molar-refractivity contribution in [3.63, 3.8) is 0 Å². The maximum atomic E-state index is 13.3. The van der Waals surface area contributed by atoms with E-state index >= 15 is 0 Å². The largest absolute Gasteiger partial charge is 0.396 e. The molecule has 0 spiro atoms. The van der Waals surface area contributed by atoms with Gasteiger partial charge in [0.25, 0.3) is 0 Å². The minimum Gasteiger partial charge on any atom is -0.396 e. The van der Waals surface area contributed by atoms with Gasteiger partial charge in [-0.1, -0.05) is 60.7 Å². The lowest BCUT2D eigenvalue weighted by molar-refractivity contribution is -0.141. The second-order valence-corrected chi connectivity index (χ2v) is 9.30. The molecule has 0 fully saturated rings. The van der Waals surface area contributed by atoms with Crippen LogP contribution in [0.3, 0.4) is 0 Å². The molecule has 1 unspecified atom stereocenters. The molecule has 2 aromatic rings. The van der Waals surface area contributed by atoms with Crippen molar-refractivity contribution in [3.8, 4) is 0 Å². The lowest BCUT2D eigenvalue weighted by Crippen LogP contribution is -2.47. The highest BCUT2D eigenvalue weighted by Gasteiger charge is 2.32. The third-order valence-electron chi connectivity index (χ3n) is 4.75. The number of benzene rings is 2. The van der Waals surface area contributed by atoms with Crippen molar-refractivity contribution in [2.24, 2.45) is 0 Å². The maximum Gasteiger partial charge on any atom is 0.247 e. The zero-order valence-electron chi connectivity index (χ0n) is 17.8. The van der Waals surface area contributed by atoms with Crippen molar-refractivity contribution in [2.75, 3.05) is 33.0 Å². The summed E-state index contributed by atoms with van der Waals surface area (Å²) in [5.41, 5.74) is 1.41. The molecule has 31 heavy (non-hydrogen) atoms. The van der Waals surface area contributed by atoms with E-state index in [1.807, 2.05) is 36.4 Å². The molecule has 168 valence electrons. The lowest BCUT2D eigenvalue weighted by Gasteiger charge is -2.32. The van der Waals surface area contributed by atoms with Crippen LogP contribution in [0.5, 0.6) is 0 Å². The van der Waals surface area contributed by atoms with Crippen LogP contribution in [0.4, 0.5) is 0 Å². The smallest absolute Gasteiger partial charge is 0.247 e. The molecule has 0 saturated carbocycles. The Morgan fingerprint density at radius 3 is 2.16 bits per heavy atom. The minimum atomic E-state index is -3.57. The monoisotopic (exact) mass is 447 g/mol. The number of carbonyl (C=O) groups excluding carboxylic acids is 2. The highest BCUT2D eigenvalue weighted by Crippen LogP contribution is 2.24. The fourth-order valence-corrected chi connectivity index (χ4v) is 3.34. The number of sulfonamides is 1. The van der Waals surface area contributed by atoms with Crippen molar-refractivity contribution in [1.82, 2.24) is 14.5 Å². The second kappa shape index (κ2) is 11.6. The summed E-state index contributed by atoms with van der Waals surface area (Å²) < 4.78 is 24.7. The average Bonchev–Trinajstić information content (AvgIpc) is 2.74. The van der Waals surface area contributed by atoms with Crippen LogP contribution in [-0.2, 0) is 26.2 Å². The molecule has 0 heterocycles. The van der Waals surface area contributed by atoms with Crippen molar-refractivity contribution in [1.29, 1.82) is 0 Å². The molecule has 0 aliphatic heterocycles. The van der Waals surface area contributed by atoms with Gasteiger partial charge in [0.1, 0.15) is 6.04 Å². The Bertz CT molecular complexity index is 952. The second-order valence-electron chi connectivity index (χ2n) is 7.21. The van der Waals surface area contributed by atoms with Gasteiger partial charge in [0.2, 0.25) is 21.8 Å². The first-order valence-electron chi connectivity index (χ1n) is 9.92. The van der Waals surface area contributed by atoms with Gasteiger partial charge in [-0.25, -0.2) is 8.42 Å². The Morgan fingerprint density at radius 1 is 1.03 bits per heavy atom. The quantitative estimate of drug-likeness (QED) is 0.503. The maximum absolute atomic E-state index is 13.3. The summed E-state index contributed by atoms with van der Waals surface area (Å²) in [6.45, 7) is -0.0689. The third-order valence-corrected chi connectivity index (χ3v) is 6.01. The van der Waals surface area contributed by atoms with Gasteiger partial charge < -0.3 is 15.3 Å². The molecule has 0 radical (unpaired) electrons.